The van der Waals surface area contributed by atoms with E-state index < -0.39 is 15.9 Å². The lowest BCUT2D eigenvalue weighted by Gasteiger charge is -2.24. The topological polar surface area (TPSA) is 64.6 Å². The minimum absolute atomic E-state index is 0.137. The second-order valence-electron chi connectivity index (χ2n) is 6.87. The molecule has 5 nitrogen and oxygen atoms in total. The molecular formula is C23H24Cl3NO4. The molecule has 1 N–H and O–H groups in total. The van der Waals surface area contributed by atoms with E-state index in [1.807, 2.05) is 67.6 Å². The summed E-state index contributed by atoms with van der Waals surface area (Å²) in [6.07, 6.45) is 2.97. The number of esters is 1. The molecule has 0 saturated carbocycles. The number of ether oxygens (including phenoxy) is 2. The summed E-state index contributed by atoms with van der Waals surface area (Å²) in [6, 6.07) is 17.4. The lowest BCUT2D eigenvalue weighted by molar-refractivity contribution is -0.139. The molecule has 0 bridgehead atoms. The molecule has 2 aromatic carbocycles. The number of carbonyl (C=O) groups excluding carboxylic acids is 2. The number of alkyl halides is 3. The lowest BCUT2D eigenvalue weighted by atomic mass is 9.92. The van der Waals surface area contributed by atoms with Crippen molar-refractivity contribution in [3.05, 3.63) is 72.3 Å². The van der Waals surface area contributed by atoms with E-state index in [1.165, 1.54) is 7.11 Å². The summed E-state index contributed by atoms with van der Waals surface area (Å²) in [5, 5.41) is 2.81. The summed E-state index contributed by atoms with van der Waals surface area (Å²) in [7, 11) is 1.33. The van der Waals surface area contributed by atoms with Gasteiger partial charge in [0.05, 0.1) is 19.6 Å². The van der Waals surface area contributed by atoms with Crippen molar-refractivity contribution in [1.82, 2.24) is 5.32 Å². The van der Waals surface area contributed by atoms with Gasteiger partial charge >= 0.3 is 12.1 Å². The fourth-order valence-electron chi connectivity index (χ4n) is 2.92. The summed E-state index contributed by atoms with van der Waals surface area (Å²) < 4.78 is 7.96. The molecule has 8 heteroatoms. The zero-order valence-corrected chi connectivity index (χ0v) is 19.5. The van der Waals surface area contributed by atoms with Crippen LogP contribution in [0.15, 0.2) is 66.7 Å². The van der Waals surface area contributed by atoms with Gasteiger partial charge in [0, 0.05) is 0 Å². The van der Waals surface area contributed by atoms with Crippen molar-refractivity contribution in [2.24, 2.45) is 5.92 Å². The van der Waals surface area contributed by atoms with Gasteiger partial charge in [-0.2, -0.15) is 0 Å². The van der Waals surface area contributed by atoms with Crippen LogP contribution in [-0.2, 0) is 14.3 Å². The molecule has 0 aliphatic carbocycles. The van der Waals surface area contributed by atoms with Gasteiger partial charge in [-0.05, 0) is 22.6 Å². The van der Waals surface area contributed by atoms with Crippen LogP contribution in [0.4, 0.5) is 4.79 Å². The maximum Gasteiger partial charge on any atom is 0.407 e. The Balaban J connectivity index is 2.19. The Hall–Kier alpha value is -2.21. The first-order valence-corrected chi connectivity index (χ1v) is 10.7. The number of carbonyl (C=O) groups is 2. The molecule has 0 fully saturated rings. The van der Waals surface area contributed by atoms with Gasteiger partial charge in [-0.3, -0.25) is 4.79 Å². The average Bonchev–Trinajstić information content (AvgIpc) is 2.76. The zero-order valence-electron chi connectivity index (χ0n) is 17.2. The van der Waals surface area contributed by atoms with Gasteiger partial charge in [0.25, 0.3) is 0 Å². The van der Waals surface area contributed by atoms with Crippen LogP contribution in [0, 0.1) is 5.92 Å². The van der Waals surface area contributed by atoms with Gasteiger partial charge in [0.1, 0.15) is 6.61 Å². The molecular weight excluding hydrogens is 461 g/mol. The van der Waals surface area contributed by atoms with Crippen LogP contribution < -0.4 is 5.32 Å². The van der Waals surface area contributed by atoms with Crippen LogP contribution in [0.3, 0.4) is 0 Å². The Labute approximate surface area is 197 Å². The monoisotopic (exact) mass is 483 g/mol. The molecule has 166 valence electrons. The Morgan fingerprint density at radius 1 is 1.03 bits per heavy atom. The van der Waals surface area contributed by atoms with Gasteiger partial charge < -0.3 is 14.8 Å². The van der Waals surface area contributed by atoms with Crippen LogP contribution >= 0.6 is 34.8 Å². The van der Waals surface area contributed by atoms with E-state index in [0.717, 1.165) is 16.7 Å². The van der Waals surface area contributed by atoms with Crippen LogP contribution in [-0.4, -0.2) is 29.6 Å². The van der Waals surface area contributed by atoms with E-state index in [-0.39, 0.29) is 24.9 Å². The number of hydrogen-bond acceptors (Lipinski definition) is 4. The highest BCUT2D eigenvalue weighted by Gasteiger charge is 2.25. The summed E-state index contributed by atoms with van der Waals surface area (Å²) >= 11 is 17.0. The average molecular weight is 485 g/mol. The van der Waals surface area contributed by atoms with Gasteiger partial charge in [-0.1, -0.05) is 108 Å². The summed E-state index contributed by atoms with van der Waals surface area (Å²) in [4.78, 5) is 23.6. The summed E-state index contributed by atoms with van der Waals surface area (Å²) in [6.45, 7) is 1.54. The Morgan fingerprint density at radius 2 is 1.65 bits per heavy atom. The van der Waals surface area contributed by atoms with Crippen molar-refractivity contribution in [1.29, 1.82) is 0 Å². The third kappa shape index (κ3) is 8.82. The van der Waals surface area contributed by atoms with E-state index in [0.29, 0.717) is 0 Å². The first kappa shape index (κ1) is 25.1. The predicted octanol–water partition coefficient (Wildman–Crippen LogP) is 6.25. The third-order valence-corrected chi connectivity index (χ3v) is 4.82. The highest BCUT2D eigenvalue weighted by molar-refractivity contribution is 6.67. The summed E-state index contributed by atoms with van der Waals surface area (Å²) in [5.74, 6) is -0.505. The van der Waals surface area contributed by atoms with Crippen molar-refractivity contribution in [2.75, 3.05) is 13.7 Å². The molecule has 2 aromatic rings. The molecule has 0 aliphatic heterocycles. The second-order valence-corrected chi connectivity index (χ2v) is 9.38. The number of hydrogen-bond donors (Lipinski definition) is 1. The molecule has 0 aliphatic rings. The van der Waals surface area contributed by atoms with Gasteiger partial charge in [0.15, 0.2) is 0 Å². The smallest absolute Gasteiger partial charge is 0.407 e. The van der Waals surface area contributed by atoms with Crippen LogP contribution in [0.1, 0.15) is 24.9 Å². The maximum atomic E-state index is 12.3. The van der Waals surface area contributed by atoms with Crippen molar-refractivity contribution in [3.63, 3.8) is 0 Å². The van der Waals surface area contributed by atoms with Crippen LogP contribution in [0.25, 0.3) is 11.1 Å². The molecule has 0 heterocycles. The summed E-state index contributed by atoms with van der Waals surface area (Å²) in [5.41, 5.74) is 3.00. The van der Waals surface area contributed by atoms with E-state index in [2.05, 4.69) is 10.1 Å². The standard InChI is InChI=1S/C23H24Cl3NO4/c1-16(7-6-10-20(28)30-2)21(27-22(29)31-15-23(24,25)26)19-13-11-18(12-14-19)17-8-4-3-5-9-17/h3-9,11-14,16,21H,10,15H2,1-2H3,(H,27,29)/b7-6+/t16-,21+/m1/s1. The molecule has 2 rings (SSSR count). The largest absolute Gasteiger partial charge is 0.469 e. The van der Waals surface area contributed by atoms with Crippen LogP contribution in [0.2, 0.25) is 0 Å². The SMILES string of the molecule is COC(=O)C/C=C/[C@@H](C)[C@H](NC(=O)OCC(Cl)(Cl)Cl)c1ccc(-c2ccccc2)cc1. The molecule has 0 saturated heterocycles. The normalized spacial score (nSPS) is 13.5. The Kier molecular flexibility index (Phi) is 9.69. The molecule has 0 spiro atoms. The molecule has 31 heavy (non-hydrogen) atoms. The molecule has 0 aromatic heterocycles. The van der Waals surface area contributed by atoms with E-state index in [4.69, 9.17) is 39.5 Å². The highest BCUT2D eigenvalue weighted by atomic mass is 35.6. The lowest BCUT2D eigenvalue weighted by Crippen LogP contribution is -2.34. The highest BCUT2D eigenvalue weighted by Crippen LogP contribution is 2.28. The number of benzene rings is 2. The molecule has 2 atom stereocenters. The third-order valence-electron chi connectivity index (χ3n) is 4.49. The van der Waals surface area contributed by atoms with Gasteiger partial charge in [0.2, 0.25) is 3.79 Å². The second kappa shape index (κ2) is 12.0. The number of rotatable bonds is 8. The minimum atomic E-state index is -1.70. The van der Waals surface area contributed by atoms with E-state index in [9.17, 15) is 9.59 Å². The van der Waals surface area contributed by atoms with E-state index in [1.54, 1.807) is 6.08 Å². The number of methoxy groups -OCH3 is 1. The maximum absolute atomic E-state index is 12.3. The van der Waals surface area contributed by atoms with Crippen molar-refractivity contribution in [3.8, 4) is 11.1 Å². The fraction of sp³-hybridized carbons (Fsp3) is 0.304. The van der Waals surface area contributed by atoms with Crippen LogP contribution in [0.5, 0.6) is 0 Å². The quantitative estimate of drug-likeness (QED) is 0.273. The number of nitrogens with one attached hydrogen (secondary N) is 1. The van der Waals surface area contributed by atoms with Gasteiger partial charge in [-0.15, -0.1) is 0 Å². The Morgan fingerprint density at radius 3 is 2.23 bits per heavy atom. The molecule has 1 amide bonds. The first-order valence-electron chi connectivity index (χ1n) is 9.58. The van der Waals surface area contributed by atoms with Crippen molar-refractivity contribution in [2.45, 2.75) is 23.2 Å². The van der Waals surface area contributed by atoms with E-state index >= 15 is 0 Å². The number of halogens is 3. The molecule has 0 unspecified atom stereocenters. The number of amides is 1. The number of alkyl carbamates (subject to hydrolysis) is 1. The van der Waals surface area contributed by atoms with Crippen molar-refractivity contribution >= 4 is 46.9 Å². The van der Waals surface area contributed by atoms with Gasteiger partial charge in [-0.25, -0.2) is 4.79 Å². The Bertz CT molecular complexity index is 880. The fourth-order valence-corrected chi connectivity index (χ4v) is 3.08. The zero-order chi connectivity index (χ0) is 22.9. The minimum Gasteiger partial charge on any atom is -0.469 e. The predicted molar refractivity (Wildman–Crippen MR) is 124 cm³/mol. The van der Waals surface area contributed by atoms with Crippen molar-refractivity contribution < 1.29 is 19.1 Å². The first-order chi connectivity index (χ1) is 14.7. The molecule has 0 radical (unpaired) electrons.